The second-order valence-electron chi connectivity index (χ2n) is 4.86. The molecule has 1 amide bonds. The molecule has 3 N–H and O–H groups in total. The number of carbonyl (C=O) groups is 1. The lowest BCUT2D eigenvalue weighted by atomic mass is 10.2. The van der Waals surface area contributed by atoms with Crippen LogP contribution in [-0.2, 0) is 9.53 Å². The Kier molecular flexibility index (Phi) is 4.33. The van der Waals surface area contributed by atoms with Gasteiger partial charge in [0.2, 0.25) is 5.91 Å². The molecule has 1 aliphatic rings. The first-order valence-corrected chi connectivity index (χ1v) is 6.39. The summed E-state index contributed by atoms with van der Waals surface area (Å²) < 4.78 is 5.54. The SMILES string of the molecule is Cc1cccc(NC(=O)COC2CCCC2N)c1. The second-order valence-corrected chi connectivity index (χ2v) is 4.86. The number of carbonyl (C=O) groups excluding carboxylic acids is 1. The van der Waals surface area contributed by atoms with Gasteiger partial charge in [0, 0.05) is 11.7 Å². The number of hydrogen-bond acceptors (Lipinski definition) is 3. The molecule has 1 aromatic carbocycles. The summed E-state index contributed by atoms with van der Waals surface area (Å²) in [7, 11) is 0. The minimum absolute atomic E-state index is 0.0354. The minimum Gasteiger partial charge on any atom is -0.367 e. The highest BCUT2D eigenvalue weighted by Gasteiger charge is 2.25. The van der Waals surface area contributed by atoms with Crippen molar-refractivity contribution in [1.82, 2.24) is 0 Å². The molecule has 4 heteroatoms. The third kappa shape index (κ3) is 3.55. The average Bonchev–Trinajstić information content (AvgIpc) is 2.72. The summed E-state index contributed by atoms with van der Waals surface area (Å²) in [4.78, 5) is 11.7. The molecule has 2 unspecified atom stereocenters. The molecule has 0 aromatic heterocycles. The highest BCUT2D eigenvalue weighted by Crippen LogP contribution is 2.20. The number of amides is 1. The van der Waals surface area contributed by atoms with Crippen molar-refractivity contribution in [3.05, 3.63) is 29.8 Å². The summed E-state index contributed by atoms with van der Waals surface area (Å²) in [6.07, 6.45) is 3.07. The van der Waals surface area contributed by atoms with Crippen LogP contribution >= 0.6 is 0 Å². The van der Waals surface area contributed by atoms with Crippen molar-refractivity contribution in [3.63, 3.8) is 0 Å². The van der Waals surface area contributed by atoms with Crippen molar-refractivity contribution in [2.24, 2.45) is 5.73 Å². The molecule has 1 saturated carbocycles. The van der Waals surface area contributed by atoms with Gasteiger partial charge in [-0.15, -0.1) is 0 Å². The summed E-state index contributed by atoms with van der Waals surface area (Å²) in [5, 5.41) is 2.82. The topological polar surface area (TPSA) is 64.3 Å². The predicted molar refractivity (Wildman–Crippen MR) is 71.4 cm³/mol. The van der Waals surface area contributed by atoms with Crippen LogP contribution in [0.5, 0.6) is 0 Å². The summed E-state index contributed by atoms with van der Waals surface area (Å²) in [6, 6.07) is 7.78. The molecule has 1 aromatic rings. The van der Waals surface area contributed by atoms with Gasteiger partial charge in [0.25, 0.3) is 0 Å². The van der Waals surface area contributed by atoms with Crippen LogP contribution in [0.15, 0.2) is 24.3 Å². The van der Waals surface area contributed by atoms with E-state index in [-0.39, 0.29) is 24.7 Å². The fourth-order valence-corrected chi connectivity index (χ4v) is 2.26. The van der Waals surface area contributed by atoms with E-state index in [1.165, 1.54) is 0 Å². The largest absolute Gasteiger partial charge is 0.367 e. The maximum atomic E-state index is 11.7. The first-order valence-electron chi connectivity index (χ1n) is 6.39. The number of benzene rings is 1. The third-order valence-corrected chi connectivity index (χ3v) is 3.23. The Labute approximate surface area is 108 Å². The highest BCUT2D eigenvalue weighted by atomic mass is 16.5. The predicted octanol–water partition coefficient (Wildman–Crippen LogP) is 1.83. The average molecular weight is 248 g/mol. The van der Waals surface area contributed by atoms with Crippen molar-refractivity contribution in [3.8, 4) is 0 Å². The van der Waals surface area contributed by atoms with Gasteiger partial charge in [-0.1, -0.05) is 12.1 Å². The Bertz CT molecular complexity index is 420. The Balaban J connectivity index is 1.78. The van der Waals surface area contributed by atoms with Crippen LogP contribution in [0, 0.1) is 6.92 Å². The molecule has 18 heavy (non-hydrogen) atoms. The number of aryl methyl sites for hydroxylation is 1. The molecule has 0 heterocycles. The van der Waals surface area contributed by atoms with Crippen LogP contribution in [0.25, 0.3) is 0 Å². The van der Waals surface area contributed by atoms with Gasteiger partial charge < -0.3 is 15.8 Å². The first-order chi connectivity index (χ1) is 8.65. The lowest BCUT2D eigenvalue weighted by Crippen LogP contribution is -2.33. The van der Waals surface area contributed by atoms with E-state index < -0.39 is 0 Å². The molecule has 0 spiro atoms. The van der Waals surface area contributed by atoms with Crippen LogP contribution in [0.2, 0.25) is 0 Å². The summed E-state index contributed by atoms with van der Waals surface area (Å²) in [5.41, 5.74) is 7.80. The number of ether oxygens (including phenoxy) is 1. The third-order valence-electron chi connectivity index (χ3n) is 3.23. The number of rotatable bonds is 4. The van der Waals surface area contributed by atoms with Gasteiger partial charge >= 0.3 is 0 Å². The van der Waals surface area contributed by atoms with Crippen molar-refractivity contribution in [2.45, 2.75) is 38.3 Å². The number of nitrogens with two attached hydrogens (primary N) is 1. The lowest BCUT2D eigenvalue weighted by Gasteiger charge is -2.16. The normalized spacial score (nSPS) is 23.0. The van der Waals surface area contributed by atoms with Crippen molar-refractivity contribution in [1.29, 1.82) is 0 Å². The van der Waals surface area contributed by atoms with Gasteiger partial charge in [0.1, 0.15) is 6.61 Å². The maximum absolute atomic E-state index is 11.7. The maximum Gasteiger partial charge on any atom is 0.250 e. The molecular formula is C14H20N2O2. The number of hydrogen-bond donors (Lipinski definition) is 2. The molecule has 0 aliphatic heterocycles. The van der Waals surface area contributed by atoms with Crippen LogP contribution in [0.4, 0.5) is 5.69 Å². The van der Waals surface area contributed by atoms with E-state index in [4.69, 9.17) is 10.5 Å². The standard InChI is InChI=1S/C14H20N2O2/c1-10-4-2-5-11(8-10)16-14(17)9-18-13-7-3-6-12(13)15/h2,4-5,8,12-13H,3,6-7,9,15H2,1H3,(H,16,17). The molecule has 0 saturated heterocycles. The fourth-order valence-electron chi connectivity index (χ4n) is 2.26. The monoisotopic (exact) mass is 248 g/mol. The Morgan fingerprint density at radius 1 is 1.50 bits per heavy atom. The molecule has 0 bridgehead atoms. The van der Waals surface area contributed by atoms with Crippen LogP contribution in [0.1, 0.15) is 24.8 Å². The van der Waals surface area contributed by atoms with E-state index in [0.29, 0.717) is 0 Å². The van der Waals surface area contributed by atoms with E-state index in [9.17, 15) is 4.79 Å². The summed E-state index contributed by atoms with van der Waals surface area (Å²) in [5.74, 6) is -0.125. The second kappa shape index (κ2) is 5.98. The zero-order valence-corrected chi connectivity index (χ0v) is 10.7. The Morgan fingerprint density at radius 3 is 3.00 bits per heavy atom. The van der Waals surface area contributed by atoms with Crippen molar-refractivity contribution in [2.75, 3.05) is 11.9 Å². The summed E-state index contributed by atoms with van der Waals surface area (Å²) in [6.45, 7) is 2.07. The van der Waals surface area contributed by atoms with Crippen LogP contribution < -0.4 is 11.1 Å². The quantitative estimate of drug-likeness (QED) is 0.854. The van der Waals surface area contributed by atoms with Gasteiger partial charge in [-0.25, -0.2) is 0 Å². The van der Waals surface area contributed by atoms with E-state index in [0.717, 1.165) is 30.5 Å². The van der Waals surface area contributed by atoms with Gasteiger partial charge in [0.15, 0.2) is 0 Å². The van der Waals surface area contributed by atoms with Gasteiger partial charge in [0.05, 0.1) is 6.10 Å². The summed E-state index contributed by atoms with van der Waals surface area (Å²) >= 11 is 0. The molecule has 0 radical (unpaired) electrons. The number of nitrogens with one attached hydrogen (secondary N) is 1. The van der Waals surface area contributed by atoms with Crippen molar-refractivity contribution >= 4 is 11.6 Å². The first kappa shape index (κ1) is 13.1. The van der Waals surface area contributed by atoms with E-state index in [1.54, 1.807) is 0 Å². The number of anilines is 1. The van der Waals surface area contributed by atoms with Gasteiger partial charge in [-0.05, 0) is 43.9 Å². The molecular weight excluding hydrogens is 228 g/mol. The molecule has 98 valence electrons. The molecule has 1 aliphatic carbocycles. The van der Waals surface area contributed by atoms with Crippen LogP contribution in [0.3, 0.4) is 0 Å². The van der Waals surface area contributed by atoms with Crippen molar-refractivity contribution < 1.29 is 9.53 Å². The zero-order valence-electron chi connectivity index (χ0n) is 10.7. The smallest absolute Gasteiger partial charge is 0.250 e. The minimum atomic E-state index is -0.125. The Hall–Kier alpha value is -1.39. The van der Waals surface area contributed by atoms with Gasteiger partial charge in [-0.3, -0.25) is 4.79 Å². The van der Waals surface area contributed by atoms with E-state index in [1.807, 2.05) is 31.2 Å². The fraction of sp³-hybridized carbons (Fsp3) is 0.500. The Morgan fingerprint density at radius 2 is 2.33 bits per heavy atom. The molecule has 4 nitrogen and oxygen atoms in total. The molecule has 1 fully saturated rings. The molecule has 2 rings (SSSR count). The molecule has 2 atom stereocenters. The highest BCUT2D eigenvalue weighted by molar-refractivity contribution is 5.91. The zero-order chi connectivity index (χ0) is 13.0. The van der Waals surface area contributed by atoms with Crippen LogP contribution in [-0.4, -0.2) is 24.7 Å². The van der Waals surface area contributed by atoms with E-state index >= 15 is 0 Å². The lowest BCUT2D eigenvalue weighted by molar-refractivity contribution is -0.122. The van der Waals surface area contributed by atoms with Gasteiger partial charge in [-0.2, -0.15) is 0 Å². The van der Waals surface area contributed by atoms with E-state index in [2.05, 4.69) is 5.32 Å².